The van der Waals surface area contributed by atoms with Gasteiger partial charge in [-0.15, -0.1) is 0 Å². The number of nitrogens with one attached hydrogen (secondary N) is 1. The van der Waals surface area contributed by atoms with E-state index in [0.29, 0.717) is 16.8 Å². The predicted octanol–water partition coefficient (Wildman–Crippen LogP) is 4.28. The fraction of sp³-hybridized carbons (Fsp3) is 0. The number of halogens is 2. The summed E-state index contributed by atoms with van der Waals surface area (Å²) in [6, 6.07) is 12.1. The SMILES string of the molecule is O=Cc1cccc(NC(=O)c2cc(Br)cc(Br)c2)c1. The van der Waals surface area contributed by atoms with Gasteiger partial charge in [0.25, 0.3) is 5.91 Å². The first-order valence-electron chi connectivity index (χ1n) is 5.41. The molecular formula is C14H9Br2NO2. The van der Waals surface area contributed by atoms with Crippen LogP contribution in [0.4, 0.5) is 5.69 Å². The van der Waals surface area contributed by atoms with E-state index in [2.05, 4.69) is 37.2 Å². The quantitative estimate of drug-likeness (QED) is 0.805. The van der Waals surface area contributed by atoms with Gasteiger partial charge in [-0.3, -0.25) is 9.59 Å². The summed E-state index contributed by atoms with van der Waals surface area (Å²) in [6.45, 7) is 0. The van der Waals surface area contributed by atoms with Gasteiger partial charge in [0.2, 0.25) is 0 Å². The van der Waals surface area contributed by atoms with Gasteiger partial charge >= 0.3 is 0 Å². The third kappa shape index (κ3) is 3.75. The molecule has 1 amide bonds. The average Bonchev–Trinajstić information content (AvgIpc) is 2.37. The molecule has 0 aliphatic carbocycles. The van der Waals surface area contributed by atoms with Crippen molar-refractivity contribution in [3.63, 3.8) is 0 Å². The largest absolute Gasteiger partial charge is 0.322 e. The van der Waals surface area contributed by atoms with Crippen LogP contribution >= 0.6 is 31.9 Å². The van der Waals surface area contributed by atoms with Crippen LogP contribution in [0.3, 0.4) is 0 Å². The van der Waals surface area contributed by atoms with Gasteiger partial charge in [-0.1, -0.05) is 44.0 Å². The molecule has 0 saturated heterocycles. The fourth-order valence-electron chi connectivity index (χ4n) is 1.58. The lowest BCUT2D eigenvalue weighted by molar-refractivity contribution is 0.102. The Balaban J connectivity index is 2.22. The van der Waals surface area contributed by atoms with Crippen LogP contribution in [0.15, 0.2) is 51.4 Å². The molecule has 0 aliphatic heterocycles. The minimum absolute atomic E-state index is 0.231. The summed E-state index contributed by atoms with van der Waals surface area (Å²) in [5.74, 6) is -0.231. The van der Waals surface area contributed by atoms with Crippen LogP contribution in [0, 0.1) is 0 Å². The van der Waals surface area contributed by atoms with Crippen molar-refractivity contribution in [2.45, 2.75) is 0 Å². The van der Waals surface area contributed by atoms with E-state index in [4.69, 9.17) is 0 Å². The molecule has 0 spiro atoms. The fourth-order valence-corrected chi connectivity index (χ4v) is 2.87. The second-order valence-electron chi connectivity index (χ2n) is 3.86. The van der Waals surface area contributed by atoms with E-state index in [9.17, 15) is 9.59 Å². The summed E-state index contributed by atoms with van der Waals surface area (Å²) in [7, 11) is 0. The molecular weight excluding hydrogens is 374 g/mol. The molecule has 0 unspecified atom stereocenters. The van der Waals surface area contributed by atoms with Crippen LogP contribution in [0.2, 0.25) is 0 Å². The summed E-state index contributed by atoms with van der Waals surface area (Å²) >= 11 is 6.67. The molecule has 0 aromatic heterocycles. The molecule has 96 valence electrons. The van der Waals surface area contributed by atoms with Crippen molar-refractivity contribution in [2.75, 3.05) is 5.32 Å². The smallest absolute Gasteiger partial charge is 0.255 e. The Morgan fingerprint density at radius 2 is 1.74 bits per heavy atom. The first-order chi connectivity index (χ1) is 9.08. The van der Waals surface area contributed by atoms with E-state index in [1.807, 2.05) is 6.07 Å². The zero-order chi connectivity index (χ0) is 13.8. The Bertz CT molecular complexity index is 621. The molecule has 0 bridgehead atoms. The van der Waals surface area contributed by atoms with Crippen molar-refractivity contribution in [3.05, 3.63) is 62.5 Å². The number of benzene rings is 2. The summed E-state index contributed by atoms with van der Waals surface area (Å²) in [5, 5.41) is 2.75. The van der Waals surface area contributed by atoms with Crippen molar-refractivity contribution in [1.82, 2.24) is 0 Å². The lowest BCUT2D eigenvalue weighted by Gasteiger charge is -2.06. The standard InChI is InChI=1S/C14H9Br2NO2/c15-11-5-10(6-12(16)7-11)14(19)17-13-3-1-2-9(4-13)8-18/h1-8H,(H,17,19). The molecule has 0 atom stereocenters. The van der Waals surface area contributed by atoms with Crippen LogP contribution < -0.4 is 5.32 Å². The average molecular weight is 383 g/mol. The first kappa shape index (κ1) is 14.0. The van der Waals surface area contributed by atoms with Crippen LogP contribution in [0.1, 0.15) is 20.7 Å². The molecule has 2 aromatic carbocycles. The highest BCUT2D eigenvalue weighted by Gasteiger charge is 2.08. The zero-order valence-corrected chi connectivity index (χ0v) is 12.9. The minimum Gasteiger partial charge on any atom is -0.322 e. The Morgan fingerprint density at radius 3 is 2.37 bits per heavy atom. The van der Waals surface area contributed by atoms with Gasteiger partial charge < -0.3 is 5.32 Å². The van der Waals surface area contributed by atoms with E-state index in [0.717, 1.165) is 15.2 Å². The lowest BCUT2D eigenvalue weighted by atomic mass is 10.2. The number of anilines is 1. The Kier molecular flexibility index (Phi) is 4.50. The maximum absolute atomic E-state index is 12.1. The van der Waals surface area contributed by atoms with Gasteiger partial charge in [-0.2, -0.15) is 0 Å². The number of hydrogen-bond acceptors (Lipinski definition) is 2. The number of carbonyl (C=O) groups excluding carboxylic acids is 2. The van der Waals surface area contributed by atoms with E-state index in [1.165, 1.54) is 0 Å². The number of aldehydes is 1. The van der Waals surface area contributed by atoms with Crippen molar-refractivity contribution in [2.24, 2.45) is 0 Å². The van der Waals surface area contributed by atoms with Gasteiger partial charge in [0.15, 0.2) is 0 Å². The van der Waals surface area contributed by atoms with Crippen molar-refractivity contribution in [1.29, 1.82) is 0 Å². The van der Waals surface area contributed by atoms with Crippen molar-refractivity contribution < 1.29 is 9.59 Å². The molecule has 0 heterocycles. The lowest BCUT2D eigenvalue weighted by Crippen LogP contribution is -2.12. The number of hydrogen-bond donors (Lipinski definition) is 1. The molecule has 3 nitrogen and oxygen atoms in total. The highest BCUT2D eigenvalue weighted by molar-refractivity contribution is 9.11. The van der Waals surface area contributed by atoms with E-state index < -0.39 is 0 Å². The summed E-state index contributed by atoms with van der Waals surface area (Å²) in [4.78, 5) is 22.8. The van der Waals surface area contributed by atoms with Gasteiger partial charge in [0.1, 0.15) is 6.29 Å². The third-order valence-corrected chi connectivity index (χ3v) is 3.32. The molecule has 5 heteroatoms. The number of rotatable bonds is 3. The molecule has 0 fully saturated rings. The van der Waals surface area contributed by atoms with Gasteiger partial charge in [-0.25, -0.2) is 0 Å². The molecule has 0 radical (unpaired) electrons. The normalized spacial score (nSPS) is 10.0. The molecule has 0 saturated carbocycles. The van der Waals surface area contributed by atoms with Crippen LogP contribution in [-0.4, -0.2) is 12.2 Å². The second-order valence-corrected chi connectivity index (χ2v) is 5.69. The monoisotopic (exact) mass is 381 g/mol. The van der Waals surface area contributed by atoms with Gasteiger partial charge in [0, 0.05) is 25.8 Å². The molecule has 19 heavy (non-hydrogen) atoms. The molecule has 1 N–H and O–H groups in total. The highest BCUT2D eigenvalue weighted by Crippen LogP contribution is 2.21. The Morgan fingerprint density at radius 1 is 1.05 bits per heavy atom. The van der Waals surface area contributed by atoms with Crippen LogP contribution in [0.25, 0.3) is 0 Å². The second kappa shape index (κ2) is 6.12. The summed E-state index contributed by atoms with van der Waals surface area (Å²) in [5.41, 5.74) is 1.64. The molecule has 0 aliphatic rings. The van der Waals surface area contributed by atoms with E-state index in [1.54, 1.807) is 36.4 Å². The Labute approximate surface area is 127 Å². The maximum atomic E-state index is 12.1. The molecule has 2 rings (SSSR count). The summed E-state index contributed by atoms with van der Waals surface area (Å²) in [6.07, 6.45) is 0.741. The number of amides is 1. The maximum Gasteiger partial charge on any atom is 0.255 e. The van der Waals surface area contributed by atoms with Crippen molar-refractivity contribution in [3.8, 4) is 0 Å². The minimum atomic E-state index is -0.231. The van der Waals surface area contributed by atoms with Gasteiger partial charge in [-0.05, 0) is 30.3 Å². The summed E-state index contributed by atoms with van der Waals surface area (Å²) < 4.78 is 1.63. The number of carbonyl (C=O) groups is 2. The van der Waals surface area contributed by atoms with E-state index in [-0.39, 0.29) is 5.91 Å². The van der Waals surface area contributed by atoms with Crippen LogP contribution in [-0.2, 0) is 0 Å². The predicted molar refractivity (Wildman–Crippen MR) is 81.6 cm³/mol. The molecule has 2 aromatic rings. The topological polar surface area (TPSA) is 46.2 Å². The first-order valence-corrected chi connectivity index (χ1v) is 7.00. The Hall–Kier alpha value is -1.46. The zero-order valence-electron chi connectivity index (χ0n) is 9.69. The van der Waals surface area contributed by atoms with E-state index >= 15 is 0 Å². The van der Waals surface area contributed by atoms with Gasteiger partial charge in [0.05, 0.1) is 0 Å². The van der Waals surface area contributed by atoms with Crippen LogP contribution in [0.5, 0.6) is 0 Å². The third-order valence-electron chi connectivity index (χ3n) is 2.41. The van der Waals surface area contributed by atoms with Crippen molar-refractivity contribution >= 4 is 49.7 Å². The highest BCUT2D eigenvalue weighted by atomic mass is 79.9.